The molecule has 2 aliphatic rings. The summed E-state index contributed by atoms with van der Waals surface area (Å²) >= 11 is 0. The number of imidazole rings is 2. The van der Waals surface area contributed by atoms with Gasteiger partial charge in [-0.2, -0.15) is 0 Å². The second-order valence-electron chi connectivity index (χ2n) is 12.1. The van der Waals surface area contributed by atoms with Gasteiger partial charge in [0, 0.05) is 40.4 Å². The van der Waals surface area contributed by atoms with Crippen molar-refractivity contribution < 1.29 is 19.1 Å². The molecule has 11 heteroatoms. The molecule has 0 N–H and O–H groups in total. The van der Waals surface area contributed by atoms with Gasteiger partial charge < -0.3 is 9.47 Å². The summed E-state index contributed by atoms with van der Waals surface area (Å²) < 4.78 is 14.8. The quantitative estimate of drug-likeness (QED) is 0.117. The molecule has 256 valence electrons. The minimum Gasteiger partial charge on any atom is -0.461 e. The molecule has 5 heterocycles. The lowest BCUT2D eigenvalue weighted by Crippen LogP contribution is -2.14. The number of carbonyl (C=O) groups is 2. The highest BCUT2D eigenvalue weighted by Gasteiger charge is 2.27. The van der Waals surface area contributed by atoms with Crippen molar-refractivity contribution in [3.05, 3.63) is 160 Å². The first-order chi connectivity index (χ1) is 26.0. The van der Waals surface area contributed by atoms with Crippen LogP contribution in [0.5, 0.6) is 0 Å². The van der Waals surface area contributed by atoms with E-state index in [1.807, 2.05) is 94.1 Å². The van der Waals surface area contributed by atoms with Crippen LogP contribution in [0.2, 0.25) is 0 Å². The summed E-state index contributed by atoms with van der Waals surface area (Å²) in [5, 5.41) is 0. The fourth-order valence-corrected chi connectivity index (χ4v) is 6.43. The van der Waals surface area contributed by atoms with Gasteiger partial charge in [0.05, 0.1) is 66.2 Å². The molecule has 0 saturated carbocycles. The van der Waals surface area contributed by atoms with Gasteiger partial charge in [-0.25, -0.2) is 19.6 Å². The SMILES string of the molecule is C#Cc1ccc2c(c1)C(c1ccccc1)=NCc1c(C(=O)OCCCOC(=O)c3ncn4c3CN=C(c3ccccn3)c3cc(C#C)ccc3-4)ncn1-2. The monoisotopic (exact) mass is 695 g/mol. The Balaban J connectivity index is 0.943. The standard InChI is InChI=1S/C42H29N7O4/c1-3-27-14-16-33-30(21-27)37(29-11-6-5-7-12-29)44-23-35-39(46-25-48(33)35)41(50)52-19-10-20-53-42(51)40-36-24-45-38(32-13-8-9-18-43-32)31-22-28(4-2)15-17-34(31)49(36)26-47-40/h1-2,5-9,11-18,21-22,25-26H,10,19-20,23-24H2. The molecule has 2 aliphatic heterocycles. The Bertz CT molecular complexity index is 2370. The van der Waals surface area contributed by atoms with E-state index in [-0.39, 0.29) is 44.1 Å². The number of esters is 2. The Hall–Kier alpha value is -7.37. The third-order valence-electron chi connectivity index (χ3n) is 8.96. The van der Waals surface area contributed by atoms with Crippen molar-refractivity contribution in [3.8, 4) is 36.1 Å². The number of nitrogens with zero attached hydrogens (tertiary/aromatic N) is 7. The number of ether oxygens (including phenoxy) is 2. The summed E-state index contributed by atoms with van der Waals surface area (Å²) in [5.41, 5.74) is 9.07. The van der Waals surface area contributed by atoms with Crippen LogP contribution in [-0.4, -0.2) is 60.7 Å². The number of aromatic nitrogens is 5. The fraction of sp³-hybridized carbons (Fsp3) is 0.119. The van der Waals surface area contributed by atoms with E-state index in [2.05, 4.69) is 26.8 Å². The van der Waals surface area contributed by atoms with Crippen LogP contribution >= 0.6 is 0 Å². The van der Waals surface area contributed by atoms with Crippen molar-refractivity contribution in [2.45, 2.75) is 19.5 Å². The number of carbonyl (C=O) groups excluding carboxylic acids is 2. The molecule has 0 spiro atoms. The van der Waals surface area contributed by atoms with Gasteiger partial charge in [-0.1, -0.05) is 48.2 Å². The average molecular weight is 696 g/mol. The van der Waals surface area contributed by atoms with Crippen molar-refractivity contribution in [2.24, 2.45) is 9.98 Å². The van der Waals surface area contributed by atoms with Crippen LogP contribution in [0, 0.1) is 24.7 Å². The number of rotatable bonds is 8. The second kappa shape index (κ2) is 14.1. The Labute approximate surface area is 304 Å². The topological polar surface area (TPSA) is 126 Å². The summed E-state index contributed by atoms with van der Waals surface area (Å²) in [7, 11) is 0. The van der Waals surface area contributed by atoms with E-state index in [0.717, 1.165) is 33.8 Å². The highest BCUT2D eigenvalue weighted by Crippen LogP contribution is 2.29. The molecule has 6 aromatic rings. The van der Waals surface area contributed by atoms with Crippen LogP contribution in [0.4, 0.5) is 0 Å². The van der Waals surface area contributed by atoms with E-state index in [1.54, 1.807) is 18.9 Å². The third kappa shape index (κ3) is 6.17. The number of hydrogen-bond donors (Lipinski definition) is 0. The van der Waals surface area contributed by atoms with E-state index in [0.29, 0.717) is 33.9 Å². The average Bonchev–Trinajstić information content (AvgIpc) is 3.74. The number of terminal acetylenes is 2. The van der Waals surface area contributed by atoms with Crippen molar-refractivity contribution in [2.75, 3.05) is 13.2 Å². The summed E-state index contributed by atoms with van der Waals surface area (Å²) in [5.74, 6) is 4.16. The maximum absolute atomic E-state index is 13.3. The number of fused-ring (bicyclic) bond motifs is 6. The molecule has 0 fully saturated rings. The van der Waals surface area contributed by atoms with Gasteiger partial charge in [0.25, 0.3) is 0 Å². The third-order valence-corrected chi connectivity index (χ3v) is 8.96. The van der Waals surface area contributed by atoms with Gasteiger partial charge in [0.15, 0.2) is 11.4 Å². The Morgan fingerprint density at radius 1 is 0.660 bits per heavy atom. The van der Waals surface area contributed by atoms with Crippen molar-refractivity contribution in [1.29, 1.82) is 0 Å². The van der Waals surface area contributed by atoms with Crippen LogP contribution in [-0.2, 0) is 22.6 Å². The number of pyridine rings is 1. The van der Waals surface area contributed by atoms with Crippen molar-refractivity contribution in [3.63, 3.8) is 0 Å². The highest BCUT2D eigenvalue weighted by atomic mass is 16.5. The van der Waals surface area contributed by atoms with Crippen LogP contribution in [0.25, 0.3) is 11.4 Å². The lowest BCUT2D eigenvalue weighted by atomic mass is 9.98. The molecule has 8 rings (SSSR count). The minimum atomic E-state index is -0.610. The van der Waals surface area contributed by atoms with Crippen LogP contribution in [0.1, 0.15) is 72.3 Å². The first-order valence-corrected chi connectivity index (χ1v) is 16.8. The largest absolute Gasteiger partial charge is 0.461 e. The molecule has 11 nitrogen and oxygen atoms in total. The van der Waals surface area contributed by atoms with Crippen molar-refractivity contribution >= 4 is 23.4 Å². The number of hydrogen-bond acceptors (Lipinski definition) is 9. The normalized spacial score (nSPS) is 12.6. The number of aliphatic imine (C=N–C) groups is 2. The van der Waals surface area contributed by atoms with Crippen molar-refractivity contribution in [1.82, 2.24) is 24.1 Å². The molecular formula is C42H29N7O4. The predicted molar refractivity (Wildman–Crippen MR) is 198 cm³/mol. The molecule has 0 unspecified atom stereocenters. The Morgan fingerprint density at radius 3 is 1.75 bits per heavy atom. The predicted octanol–water partition coefficient (Wildman–Crippen LogP) is 5.52. The maximum atomic E-state index is 13.3. The molecule has 3 aromatic heterocycles. The van der Waals surface area contributed by atoms with Gasteiger partial charge in [-0.05, 0) is 48.5 Å². The molecule has 53 heavy (non-hydrogen) atoms. The molecule has 0 saturated heterocycles. The lowest BCUT2D eigenvalue weighted by Gasteiger charge is -2.12. The lowest BCUT2D eigenvalue weighted by molar-refractivity contribution is 0.0388. The molecule has 0 bridgehead atoms. The van der Waals surface area contributed by atoms with Crippen LogP contribution in [0.3, 0.4) is 0 Å². The molecule has 3 aromatic carbocycles. The Morgan fingerprint density at radius 2 is 1.21 bits per heavy atom. The summed E-state index contributed by atoms with van der Waals surface area (Å²) in [6.45, 7) is 0.364. The van der Waals surface area contributed by atoms with Gasteiger partial charge in [-0.15, -0.1) is 12.8 Å². The van der Waals surface area contributed by atoms with Crippen LogP contribution in [0.15, 0.2) is 114 Å². The van der Waals surface area contributed by atoms with Crippen LogP contribution < -0.4 is 0 Å². The smallest absolute Gasteiger partial charge is 0.358 e. The van der Waals surface area contributed by atoms with Gasteiger partial charge in [0.2, 0.25) is 0 Å². The zero-order chi connectivity index (χ0) is 36.3. The first kappa shape index (κ1) is 32.8. The fourth-order valence-electron chi connectivity index (χ4n) is 6.43. The maximum Gasteiger partial charge on any atom is 0.358 e. The van der Waals surface area contributed by atoms with E-state index in [4.69, 9.17) is 32.3 Å². The first-order valence-electron chi connectivity index (χ1n) is 16.8. The summed E-state index contributed by atoms with van der Waals surface area (Å²) in [4.78, 5) is 49.6. The molecule has 0 radical (unpaired) electrons. The van der Waals surface area contributed by atoms with E-state index < -0.39 is 11.9 Å². The zero-order valence-electron chi connectivity index (χ0n) is 28.3. The summed E-state index contributed by atoms with van der Waals surface area (Å²) in [6.07, 6.45) is 16.6. The van der Waals surface area contributed by atoms with E-state index in [1.165, 1.54) is 0 Å². The van der Waals surface area contributed by atoms with Gasteiger partial charge in [0.1, 0.15) is 12.7 Å². The van der Waals surface area contributed by atoms with Gasteiger partial charge >= 0.3 is 11.9 Å². The summed E-state index contributed by atoms with van der Waals surface area (Å²) in [6, 6.07) is 26.6. The number of benzene rings is 3. The minimum absolute atomic E-state index is 0.000103. The van der Waals surface area contributed by atoms with E-state index in [9.17, 15) is 9.59 Å². The molecular weight excluding hydrogens is 667 g/mol. The molecule has 0 aliphatic carbocycles. The van der Waals surface area contributed by atoms with E-state index >= 15 is 0 Å². The zero-order valence-corrected chi connectivity index (χ0v) is 28.3. The molecule has 0 amide bonds. The molecule has 0 atom stereocenters. The van der Waals surface area contributed by atoms with Gasteiger partial charge in [-0.3, -0.25) is 24.1 Å². The highest BCUT2D eigenvalue weighted by molar-refractivity contribution is 6.16. The second-order valence-corrected chi connectivity index (χ2v) is 12.1. The Kier molecular flexibility index (Phi) is 8.73.